The molecule has 2 N–H and O–H groups in total. The van der Waals surface area contributed by atoms with Gasteiger partial charge in [0.2, 0.25) is 5.91 Å². The van der Waals surface area contributed by atoms with Crippen LogP contribution in [-0.4, -0.2) is 33.5 Å². The topological polar surface area (TPSA) is 123 Å². The average Bonchev–Trinajstić information content (AvgIpc) is 4.10. The van der Waals surface area contributed by atoms with E-state index in [0.29, 0.717) is 66.7 Å². The number of benzene rings is 6. The van der Waals surface area contributed by atoms with E-state index in [1.165, 1.54) is 22.7 Å². The Morgan fingerprint density at radius 1 is 0.571 bits per heavy atom. The number of amides is 2. The molecule has 0 fully saturated rings. The van der Waals surface area contributed by atoms with Crippen LogP contribution < -0.4 is 15.6 Å². The second-order valence-corrected chi connectivity index (χ2v) is 16.5. The number of nitrogens with zero attached hydrogens (tertiary/aromatic N) is 5. The zero-order chi connectivity index (χ0) is 43.5. The molecule has 1 aliphatic heterocycles. The van der Waals surface area contributed by atoms with E-state index < -0.39 is 0 Å². The number of aryl methyl sites for hydroxylation is 2. The first-order valence-corrected chi connectivity index (χ1v) is 25.4. The Bertz CT molecular complexity index is 3220. The molecule has 302 valence electrons. The van der Waals surface area contributed by atoms with Gasteiger partial charge in [0.15, 0.2) is 0 Å². The molecular weight excluding hydrogens is 896 g/mol. The van der Waals surface area contributed by atoms with E-state index in [1.54, 1.807) is 12.1 Å². The Balaban J connectivity index is 0.00000249. The van der Waals surface area contributed by atoms with Gasteiger partial charge in [0.05, 0.1) is 31.8 Å². The fraction of sp³-hybridized carbons (Fsp3) is 0.0400. The molecule has 63 heavy (non-hydrogen) atoms. The van der Waals surface area contributed by atoms with Gasteiger partial charge in [0.1, 0.15) is 15.9 Å². The van der Waals surface area contributed by atoms with E-state index in [0.717, 1.165) is 60.0 Å². The molecule has 0 atom stereocenters. The summed E-state index contributed by atoms with van der Waals surface area (Å²) >= 11 is 3.88. The fourth-order valence-electron chi connectivity index (χ4n) is 7.48. The summed E-state index contributed by atoms with van der Waals surface area (Å²) in [6.45, 7) is 3.81. The van der Waals surface area contributed by atoms with Gasteiger partial charge in [-0.1, -0.05) is 127 Å². The number of carbonyl (C=O) groups excluding carboxylic acids is 2. The molecule has 0 aliphatic carbocycles. The number of thiazole rings is 2. The molecule has 9 nitrogen and oxygen atoms in total. The first-order chi connectivity index (χ1) is 30.9. The SMILES string of the molecule is Cc1ccccc1C(=O)NC1=N/C(=N\c2[n-]c(NC(=O)c3ccccc3C)c(-c3nc4ccccc4s3)c2-c2ccccc2)C(c2ccccc2)=C1c1nc2ccccc2s1.[Cl][Zn+]. The number of rotatable bonds is 8. The first kappa shape index (κ1) is 41.7. The van der Waals surface area contributed by atoms with Crippen LogP contribution in [0.4, 0.5) is 11.6 Å². The molecule has 1 aliphatic rings. The Labute approximate surface area is 385 Å². The monoisotopic (exact) mass is 927 g/mol. The summed E-state index contributed by atoms with van der Waals surface area (Å²) in [6.07, 6.45) is 0. The van der Waals surface area contributed by atoms with Crippen molar-refractivity contribution in [2.45, 2.75) is 13.8 Å². The second kappa shape index (κ2) is 18.3. The van der Waals surface area contributed by atoms with Crippen LogP contribution in [0.2, 0.25) is 0 Å². The van der Waals surface area contributed by atoms with Gasteiger partial charge in [0.25, 0.3) is 5.91 Å². The normalized spacial score (nSPS) is 13.0. The molecule has 0 radical (unpaired) electrons. The number of nitrogens with one attached hydrogen (secondary N) is 2. The molecular formula is C50H34ClN7O2S2Zn. The summed E-state index contributed by atoms with van der Waals surface area (Å²) in [5, 5.41) is 7.65. The Morgan fingerprint density at radius 3 is 1.65 bits per heavy atom. The summed E-state index contributed by atoms with van der Waals surface area (Å²) < 4.78 is 1.98. The molecule has 13 heteroatoms. The minimum absolute atomic E-state index is 0.306. The van der Waals surface area contributed by atoms with E-state index in [-0.39, 0.29) is 11.8 Å². The molecule has 10 rings (SSSR count). The van der Waals surface area contributed by atoms with Gasteiger partial charge in [-0.15, -0.1) is 22.7 Å². The van der Waals surface area contributed by atoms with Crippen LogP contribution in [0.3, 0.4) is 0 Å². The van der Waals surface area contributed by atoms with Crippen LogP contribution in [0.25, 0.3) is 53.3 Å². The van der Waals surface area contributed by atoms with Crippen molar-refractivity contribution in [3.63, 3.8) is 0 Å². The van der Waals surface area contributed by atoms with Crippen molar-refractivity contribution in [2.75, 3.05) is 5.32 Å². The molecule has 0 unspecified atom stereocenters. The standard InChI is InChI=1S/C50H35N7O2S2.ClH.Zn/c1-29-17-9-11-23-33(29)47(58)56-45-41(49-51-35-25-13-15-27-37(35)60-49)39(31-19-5-3-6-20-31)43(54-45)53-44-40(32-21-7-4-8-22-32)42(50-52-36-26-14-16-28-38(36)61-50)46(55-44)57-48(59)34-24-12-10-18-30(34)2;;/h3-28H,1-2H3,(H3,51,52,53,54,55,56,57,58,59);1H;/q;;+2/p-2. The summed E-state index contributed by atoms with van der Waals surface area (Å²) in [4.78, 5) is 54.0. The molecule has 6 aromatic carbocycles. The third-order valence-electron chi connectivity index (χ3n) is 10.5. The third-order valence-corrected chi connectivity index (χ3v) is 12.6. The number of hydrogen-bond donors (Lipinski definition) is 2. The number of aromatic nitrogens is 3. The average molecular weight is 930 g/mol. The maximum atomic E-state index is 14.1. The molecule has 9 aromatic rings. The van der Waals surface area contributed by atoms with E-state index in [2.05, 4.69) is 10.6 Å². The van der Waals surface area contributed by atoms with E-state index >= 15 is 0 Å². The zero-order valence-electron chi connectivity index (χ0n) is 34.0. The summed E-state index contributed by atoms with van der Waals surface area (Å²) in [6, 6.07) is 50.5. The van der Waals surface area contributed by atoms with Crippen LogP contribution in [0.15, 0.2) is 168 Å². The molecule has 0 saturated heterocycles. The Morgan fingerprint density at radius 2 is 1.06 bits per heavy atom. The Hall–Kier alpha value is -6.69. The number of para-hydroxylation sites is 2. The number of anilines is 1. The van der Waals surface area contributed by atoms with Crippen molar-refractivity contribution in [3.05, 3.63) is 191 Å². The zero-order valence-corrected chi connectivity index (χ0v) is 39.3. The quantitative estimate of drug-likeness (QED) is 0.147. The predicted molar refractivity (Wildman–Crippen MR) is 255 cm³/mol. The van der Waals surface area contributed by atoms with E-state index in [4.69, 9.17) is 34.6 Å². The minimum atomic E-state index is -0.306. The van der Waals surface area contributed by atoms with Gasteiger partial charge in [-0.3, -0.25) is 9.59 Å². The van der Waals surface area contributed by atoms with Crippen molar-refractivity contribution >= 4 is 99.1 Å². The maximum absolute atomic E-state index is 14.1. The van der Waals surface area contributed by atoms with Crippen molar-refractivity contribution in [3.8, 4) is 21.7 Å². The van der Waals surface area contributed by atoms with Gasteiger partial charge in [-0.25, -0.2) is 15.0 Å². The molecule has 0 saturated carbocycles. The van der Waals surface area contributed by atoms with Gasteiger partial charge in [-0.05, 0) is 66.4 Å². The van der Waals surface area contributed by atoms with Gasteiger partial charge in [0, 0.05) is 39.5 Å². The van der Waals surface area contributed by atoms with Crippen LogP contribution >= 0.6 is 32.4 Å². The number of fused-ring (bicyclic) bond motifs is 2. The second-order valence-electron chi connectivity index (χ2n) is 14.4. The third kappa shape index (κ3) is 8.34. The molecule has 3 aromatic heterocycles. The summed E-state index contributed by atoms with van der Waals surface area (Å²) in [5.74, 6) is 0.667. The number of hydrogen-bond acceptors (Lipinski definition) is 7. The van der Waals surface area contributed by atoms with Gasteiger partial charge in [-0.2, -0.15) is 0 Å². The first-order valence-electron chi connectivity index (χ1n) is 19.9. The van der Waals surface area contributed by atoms with Gasteiger partial charge >= 0.3 is 27.0 Å². The number of aliphatic imine (C=N–C) groups is 2. The molecule has 0 spiro atoms. The molecule has 2 amide bonds. The van der Waals surface area contributed by atoms with Crippen molar-refractivity contribution < 1.29 is 26.9 Å². The van der Waals surface area contributed by atoms with Crippen LogP contribution in [0.1, 0.15) is 42.4 Å². The number of amidine groups is 2. The van der Waals surface area contributed by atoms with Crippen molar-refractivity contribution in [1.29, 1.82) is 0 Å². The summed E-state index contributed by atoms with van der Waals surface area (Å²) in [5.41, 5.74) is 8.65. The number of halogens is 1. The van der Waals surface area contributed by atoms with Crippen LogP contribution in [-0.2, 0) is 17.3 Å². The van der Waals surface area contributed by atoms with Gasteiger partial charge < -0.3 is 20.6 Å². The van der Waals surface area contributed by atoms with Crippen molar-refractivity contribution in [1.82, 2.24) is 20.3 Å². The molecule has 4 heterocycles. The predicted octanol–water partition coefficient (Wildman–Crippen LogP) is 12.2. The van der Waals surface area contributed by atoms with Crippen molar-refractivity contribution in [2.24, 2.45) is 9.98 Å². The van der Waals surface area contributed by atoms with Crippen LogP contribution in [0.5, 0.6) is 0 Å². The van der Waals surface area contributed by atoms with E-state index in [9.17, 15) is 9.59 Å². The van der Waals surface area contributed by atoms with E-state index in [1.807, 2.05) is 159 Å². The fourth-order valence-corrected chi connectivity index (χ4v) is 9.51. The van der Waals surface area contributed by atoms with Crippen LogP contribution in [0, 0.1) is 13.8 Å². The summed E-state index contributed by atoms with van der Waals surface area (Å²) in [7, 11) is 4.76. The Kier molecular flexibility index (Phi) is 12.1. The molecule has 0 bridgehead atoms. The number of carbonyl (C=O) groups is 2.